The quantitative estimate of drug-likeness (QED) is 0.555. The van der Waals surface area contributed by atoms with Gasteiger partial charge in [-0.3, -0.25) is 0 Å². The highest BCUT2D eigenvalue weighted by Crippen LogP contribution is 2.47. The van der Waals surface area contributed by atoms with Crippen LogP contribution in [-0.2, 0) is 30.8 Å². The third kappa shape index (κ3) is 5.30. The van der Waals surface area contributed by atoms with E-state index < -0.39 is 52.0 Å². The second kappa shape index (κ2) is 9.02. The van der Waals surface area contributed by atoms with E-state index in [9.17, 15) is 13.4 Å². The monoisotopic (exact) mass is 473 g/mol. The summed E-state index contributed by atoms with van der Waals surface area (Å²) in [5, 5.41) is 0. The molecule has 0 saturated heterocycles. The number of carbonyl (C=O) groups is 1. The molecule has 1 N–H and O–H groups in total. The number of carbonyl (C=O) groups excluding carboxylic acids is 1. The molecule has 27 heavy (non-hydrogen) atoms. The van der Waals surface area contributed by atoms with Crippen molar-refractivity contribution in [2.24, 2.45) is 0 Å². The first-order chi connectivity index (χ1) is 12.3. The molecule has 0 aliphatic carbocycles. The topological polar surface area (TPSA) is 64.6 Å². The van der Waals surface area contributed by atoms with E-state index in [2.05, 4.69) is 25.4 Å². The summed E-state index contributed by atoms with van der Waals surface area (Å²) in [6.07, 6.45) is 1.16. The Labute approximate surface area is 167 Å². The van der Waals surface area contributed by atoms with Crippen LogP contribution in [0.15, 0.2) is 22.7 Å². The Kier molecular flexibility index (Phi) is 8.04. The Bertz CT molecular complexity index is 717. The van der Waals surface area contributed by atoms with Crippen molar-refractivity contribution in [1.82, 2.24) is 4.72 Å². The maximum Gasteiger partial charge on any atom is 0.332 e. The zero-order valence-corrected chi connectivity index (χ0v) is 18.1. The Hall–Kier alpha value is -0.970. The third-order valence-corrected chi connectivity index (χ3v) is 5.24. The predicted octanol–water partition coefficient (Wildman–Crippen LogP) is 3.68. The van der Waals surface area contributed by atoms with Gasteiger partial charge in [0.15, 0.2) is 0 Å². The minimum absolute atomic E-state index is 0.0797. The zero-order chi connectivity index (χ0) is 21.0. The van der Waals surface area contributed by atoms with E-state index in [0.29, 0.717) is 4.47 Å². The molecule has 0 aromatic heterocycles. The lowest BCUT2D eigenvalue weighted by Crippen LogP contribution is -2.64. The van der Waals surface area contributed by atoms with Crippen LogP contribution in [0.5, 0.6) is 0 Å². The minimum atomic E-state index is -3.79. The van der Waals surface area contributed by atoms with Gasteiger partial charge in [0.05, 0.1) is 17.6 Å². The van der Waals surface area contributed by atoms with Crippen molar-refractivity contribution in [1.29, 1.82) is 0 Å². The second-order valence-corrected chi connectivity index (χ2v) is 8.51. The molecule has 0 radical (unpaired) electrons. The molecular weight excluding hydrogens is 451 g/mol. The molecule has 154 valence electrons. The maximum absolute atomic E-state index is 15.6. The molecule has 1 aromatic carbocycles. The third-order valence-electron chi connectivity index (χ3n) is 4.06. The van der Waals surface area contributed by atoms with Crippen LogP contribution in [0.2, 0.25) is 0 Å². The van der Waals surface area contributed by atoms with Gasteiger partial charge >= 0.3 is 5.97 Å². The molecule has 10 heteroatoms. The summed E-state index contributed by atoms with van der Waals surface area (Å²) in [4.78, 5) is 11.5. The molecule has 0 spiro atoms. The summed E-state index contributed by atoms with van der Waals surface area (Å²) in [6.45, 7) is 4.13. The molecule has 1 aromatic rings. The van der Waals surface area contributed by atoms with Gasteiger partial charge in [-0.1, -0.05) is 15.9 Å². The molecule has 2 atom stereocenters. The molecule has 0 heterocycles. The predicted molar refractivity (Wildman–Crippen MR) is 100 cm³/mol. The van der Waals surface area contributed by atoms with Gasteiger partial charge in [0.25, 0.3) is 5.92 Å². The molecule has 0 bridgehead atoms. The Morgan fingerprint density at radius 3 is 2.41 bits per heavy atom. The van der Waals surface area contributed by atoms with Crippen molar-refractivity contribution in [3.63, 3.8) is 0 Å². The van der Waals surface area contributed by atoms with Crippen molar-refractivity contribution in [2.45, 2.75) is 44.8 Å². The highest BCUT2D eigenvalue weighted by atomic mass is 79.9. The van der Waals surface area contributed by atoms with Crippen LogP contribution in [0.25, 0.3) is 0 Å². The largest absolute Gasteiger partial charge is 0.464 e. The lowest BCUT2D eigenvalue weighted by atomic mass is 9.78. The summed E-state index contributed by atoms with van der Waals surface area (Å²) in [7, 11) is -1.91. The average molecular weight is 474 g/mol. The van der Waals surface area contributed by atoms with Crippen LogP contribution in [-0.4, -0.2) is 41.2 Å². The van der Waals surface area contributed by atoms with E-state index in [-0.39, 0.29) is 6.61 Å². The van der Waals surface area contributed by atoms with Crippen molar-refractivity contribution in [2.75, 3.05) is 19.5 Å². The number of esters is 1. The summed E-state index contributed by atoms with van der Waals surface area (Å²) < 4.78 is 69.8. The molecule has 0 aliphatic heterocycles. The number of rotatable bonds is 9. The first kappa shape index (κ1) is 24.1. The molecule has 0 saturated carbocycles. The zero-order valence-electron chi connectivity index (χ0n) is 15.7. The number of halogens is 4. The van der Waals surface area contributed by atoms with Gasteiger partial charge < -0.3 is 9.47 Å². The van der Waals surface area contributed by atoms with Crippen LogP contribution in [0.3, 0.4) is 0 Å². The first-order valence-corrected chi connectivity index (χ1v) is 10.4. The molecule has 1 rings (SSSR count). The van der Waals surface area contributed by atoms with E-state index in [1.807, 2.05) is 0 Å². The fourth-order valence-corrected chi connectivity index (χ4v) is 3.77. The van der Waals surface area contributed by atoms with Crippen LogP contribution in [0.1, 0.15) is 33.3 Å². The number of hydrogen-bond acceptors (Lipinski definition) is 4. The van der Waals surface area contributed by atoms with Crippen molar-refractivity contribution >= 4 is 32.9 Å². The molecule has 0 fully saturated rings. The summed E-state index contributed by atoms with van der Waals surface area (Å²) in [5.41, 5.74) is -5.03. The van der Waals surface area contributed by atoms with Gasteiger partial charge in [-0.05, 0) is 45.9 Å². The van der Waals surface area contributed by atoms with E-state index in [0.717, 1.165) is 33.1 Å². The summed E-state index contributed by atoms with van der Waals surface area (Å²) >= 11 is 3.13. The SMILES string of the molecule is CCOC(=O)COC(C)(C)C(F)(F)[C@](C)(NS(C)=O)c1cc(Br)ccc1F. The van der Waals surface area contributed by atoms with Crippen molar-refractivity contribution in [3.8, 4) is 0 Å². The maximum atomic E-state index is 15.6. The molecule has 1 unspecified atom stereocenters. The van der Waals surface area contributed by atoms with Gasteiger partial charge in [0.2, 0.25) is 0 Å². The highest BCUT2D eigenvalue weighted by molar-refractivity contribution is 9.10. The smallest absolute Gasteiger partial charge is 0.332 e. The van der Waals surface area contributed by atoms with Crippen molar-refractivity contribution < 1.29 is 31.6 Å². The van der Waals surface area contributed by atoms with Gasteiger partial charge in [0.1, 0.15) is 23.6 Å². The second-order valence-electron chi connectivity index (χ2n) is 6.48. The lowest BCUT2D eigenvalue weighted by Gasteiger charge is -2.45. The Morgan fingerprint density at radius 2 is 1.89 bits per heavy atom. The summed E-state index contributed by atoms with van der Waals surface area (Å²) in [6, 6.07) is 3.58. The van der Waals surface area contributed by atoms with Gasteiger partial charge in [0, 0.05) is 16.3 Å². The number of alkyl halides is 2. The minimum Gasteiger partial charge on any atom is -0.464 e. The number of hydrogen-bond donors (Lipinski definition) is 1. The average Bonchev–Trinajstić information content (AvgIpc) is 2.54. The van der Waals surface area contributed by atoms with Gasteiger partial charge in [-0.2, -0.15) is 0 Å². The molecular formula is C17H23BrF3NO4S. The Balaban J connectivity index is 3.40. The molecule has 0 aliphatic rings. The van der Waals surface area contributed by atoms with Crippen LogP contribution in [0, 0.1) is 5.82 Å². The Morgan fingerprint density at radius 1 is 1.30 bits per heavy atom. The van der Waals surface area contributed by atoms with Gasteiger partial charge in [-0.15, -0.1) is 0 Å². The van der Waals surface area contributed by atoms with Crippen LogP contribution < -0.4 is 4.72 Å². The van der Waals surface area contributed by atoms with E-state index >= 15 is 8.78 Å². The number of benzene rings is 1. The fourth-order valence-electron chi connectivity index (χ4n) is 2.59. The normalized spacial score (nSPS) is 15.9. The number of nitrogens with one attached hydrogen (secondary N) is 1. The summed E-state index contributed by atoms with van der Waals surface area (Å²) in [5.74, 6) is -5.50. The first-order valence-electron chi connectivity index (χ1n) is 8.02. The number of ether oxygens (including phenoxy) is 2. The van der Waals surface area contributed by atoms with Crippen LogP contribution in [0.4, 0.5) is 13.2 Å². The fraction of sp³-hybridized carbons (Fsp3) is 0.588. The highest BCUT2D eigenvalue weighted by Gasteiger charge is 2.63. The molecule has 5 nitrogen and oxygen atoms in total. The lowest BCUT2D eigenvalue weighted by molar-refractivity contribution is -0.230. The van der Waals surface area contributed by atoms with E-state index in [1.165, 1.54) is 12.1 Å². The van der Waals surface area contributed by atoms with E-state index in [1.54, 1.807) is 6.92 Å². The van der Waals surface area contributed by atoms with Crippen molar-refractivity contribution in [3.05, 3.63) is 34.1 Å². The standard InChI is InChI=1S/C17H23BrF3NO4S/c1-6-25-14(23)10-26-15(2,3)17(20,21)16(4,22-27(5)24)12-9-11(18)7-8-13(12)19/h7-9,22H,6,10H2,1-5H3/t16-,27?/m1/s1. The van der Waals surface area contributed by atoms with E-state index in [4.69, 9.17) is 4.74 Å². The van der Waals surface area contributed by atoms with Gasteiger partial charge in [-0.25, -0.2) is 26.9 Å². The van der Waals surface area contributed by atoms with Crippen LogP contribution >= 0.6 is 15.9 Å². The molecule has 0 amide bonds.